The number of hydrogen-bond acceptors (Lipinski definition) is 4. The zero-order valence-corrected chi connectivity index (χ0v) is 35.7. The van der Waals surface area contributed by atoms with Gasteiger partial charge < -0.3 is 9.74 Å². The van der Waals surface area contributed by atoms with Crippen molar-refractivity contribution in [1.29, 1.82) is 0 Å². The lowest BCUT2D eigenvalue weighted by atomic mass is 9.87. The molecule has 0 saturated heterocycles. The third-order valence-corrected chi connectivity index (χ3v) is 13.7. The van der Waals surface area contributed by atoms with Gasteiger partial charge in [-0.3, -0.25) is 4.79 Å². The molecule has 1 unspecified atom stereocenters. The van der Waals surface area contributed by atoms with E-state index in [0.29, 0.717) is 5.12 Å². The standard InChI is InChI=1S/C43H89NO2SSi/c1-6-9-12-15-18-21-24-27-30-33-37-43(44-4,38-34-31-28-25-22-19-16-13-10-7-2)41-46-48(5)40-35-39-47-42(45)36-32-29-26-23-20-17-14-11-8-3/h44,48H,6-41H2,1-5H3. The van der Waals surface area contributed by atoms with Crippen LogP contribution in [0, 0.1) is 0 Å². The molecule has 0 aromatic rings. The van der Waals surface area contributed by atoms with Crippen LogP contribution in [0.1, 0.15) is 233 Å². The Balaban J connectivity index is 4.36. The van der Waals surface area contributed by atoms with Crippen molar-refractivity contribution in [2.24, 2.45) is 0 Å². The number of nitrogens with one attached hydrogen (secondary N) is 1. The molecule has 48 heavy (non-hydrogen) atoms. The van der Waals surface area contributed by atoms with Crippen molar-refractivity contribution in [3.05, 3.63) is 0 Å². The molecule has 1 N–H and O–H groups in total. The Morgan fingerprint density at radius 3 is 1.27 bits per heavy atom. The third-order valence-electron chi connectivity index (χ3n) is 10.7. The minimum Gasteiger partial charge on any atom is -0.418 e. The smallest absolute Gasteiger partial charge is 0.188 e. The molecule has 288 valence electrons. The first kappa shape index (κ1) is 48.2. The predicted molar refractivity (Wildman–Crippen MR) is 222 cm³/mol. The fraction of sp³-hybridized carbons (Fsp3) is 0.977. The van der Waals surface area contributed by atoms with E-state index in [4.69, 9.17) is 4.43 Å². The van der Waals surface area contributed by atoms with E-state index in [1.54, 1.807) is 11.8 Å². The predicted octanol–water partition coefficient (Wildman–Crippen LogP) is 14.5. The molecular weight excluding hydrogens is 623 g/mol. The lowest BCUT2D eigenvalue weighted by Crippen LogP contribution is -2.48. The van der Waals surface area contributed by atoms with E-state index in [2.05, 4.69) is 39.7 Å². The van der Waals surface area contributed by atoms with Gasteiger partial charge in [-0.1, -0.05) is 212 Å². The second-order valence-electron chi connectivity index (χ2n) is 15.5. The van der Waals surface area contributed by atoms with Crippen molar-refractivity contribution in [3.8, 4) is 0 Å². The molecule has 0 aliphatic rings. The SMILES string of the molecule is CCCCCCCCCCCCC(CCCCCCCCCCCC)(CO[SiH](C)CCCSC(=O)CCCCCCCCCCC)NC. The Bertz CT molecular complexity index is 624. The summed E-state index contributed by atoms with van der Waals surface area (Å²) >= 11 is 1.59. The topological polar surface area (TPSA) is 38.3 Å². The van der Waals surface area contributed by atoms with Crippen LogP contribution in [-0.4, -0.2) is 39.1 Å². The molecule has 0 aromatic heterocycles. The van der Waals surface area contributed by atoms with Gasteiger partial charge in [0.15, 0.2) is 14.2 Å². The quantitative estimate of drug-likeness (QED) is 0.0507. The maximum absolute atomic E-state index is 12.4. The average molecular weight is 712 g/mol. The number of rotatable bonds is 40. The average Bonchev–Trinajstić information content (AvgIpc) is 3.09. The van der Waals surface area contributed by atoms with Crippen LogP contribution in [-0.2, 0) is 9.22 Å². The van der Waals surface area contributed by atoms with Crippen LogP contribution in [0.5, 0.6) is 0 Å². The molecule has 0 radical (unpaired) electrons. The van der Waals surface area contributed by atoms with Gasteiger partial charge in [0.25, 0.3) is 0 Å². The van der Waals surface area contributed by atoms with Gasteiger partial charge in [0, 0.05) is 17.7 Å². The summed E-state index contributed by atoms with van der Waals surface area (Å²) < 4.78 is 6.71. The highest BCUT2D eigenvalue weighted by Gasteiger charge is 2.28. The van der Waals surface area contributed by atoms with Gasteiger partial charge in [0.1, 0.15) is 0 Å². The minimum atomic E-state index is -1.23. The van der Waals surface area contributed by atoms with Crippen molar-refractivity contribution in [1.82, 2.24) is 5.32 Å². The highest BCUT2D eigenvalue weighted by Crippen LogP contribution is 2.25. The van der Waals surface area contributed by atoms with Crippen molar-refractivity contribution >= 4 is 25.9 Å². The summed E-state index contributed by atoms with van der Waals surface area (Å²) in [5, 5.41) is 4.22. The molecule has 0 fully saturated rings. The van der Waals surface area contributed by atoms with Crippen LogP contribution < -0.4 is 5.32 Å². The Labute approximate surface area is 309 Å². The summed E-state index contributed by atoms with van der Waals surface area (Å²) in [4.78, 5) is 12.4. The van der Waals surface area contributed by atoms with Gasteiger partial charge in [0.05, 0.1) is 6.61 Å². The van der Waals surface area contributed by atoms with E-state index >= 15 is 0 Å². The molecule has 0 spiro atoms. The molecular formula is C43H89NO2SSi. The molecule has 0 bridgehead atoms. The number of carbonyl (C=O) groups excluding carboxylic acids is 1. The summed E-state index contributed by atoms with van der Waals surface area (Å²) in [5.41, 5.74) is 0.141. The highest BCUT2D eigenvalue weighted by atomic mass is 32.2. The lowest BCUT2D eigenvalue weighted by Gasteiger charge is -2.35. The fourth-order valence-corrected chi connectivity index (χ4v) is 9.76. The first-order chi connectivity index (χ1) is 23.5. The summed E-state index contributed by atoms with van der Waals surface area (Å²) in [6.45, 7) is 10.2. The number of thioether (sulfide) groups is 1. The normalized spacial score (nSPS) is 12.6. The van der Waals surface area contributed by atoms with Gasteiger partial charge in [0.2, 0.25) is 0 Å². The third kappa shape index (κ3) is 33.3. The van der Waals surface area contributed by atoms with Crippen LogP contribution >= 0.6 is 11.8 Å². The maximum atomic E-state index is 12.4. The zero-order valence-electron chi connectivity index (χ0n) is 33.8. The largest absolute Gasteiger partial charge is 0.418 e. The van der Waals surface area contributed by atoms with Crippen LogP contribution in [0.2, 0.25) is 12.6 Å². The number of likely N-dealkylation sites (N-methyl/N-ethyl adjacent to an activating group) is 1. The molecule has 0 aromatic carbocycles. The van der Waals surface area contributed by atoms with Crippen molar-refractivity contribution in [2.45, 2.75) is 251 Å². The number of carbonyl (C=O) groups is 1. The first-order valence-electron chi connectivity index (χ1n) is 22.0. The second-order valence-corrected chi connectivity index (χ2v) is 19.1. The van der Waals surface area contributed by atoms with E-state index in [1.807, 2.05) is 0 Å². The van der Waals surface area contributed by atoms with E-state index in [1.165, 1.54) is 199 Å². The van der Waals surface area contributed by atoms with Crippen molar-refractivity contribution in [3.63, 3.8) is 0 Å². The van der Waals surface area contributed by atoms with Gasteiger partial charge in [-0.25, -0.2) is 0 Å². The van der Waals surface area contributed by atoms with Crippen molar-refractivity contribution < 1.29 is 9.22 Å². The molecule has 0 heterocycles. The van der Waals surface area contributed by atoms with Crippen LogP contribution in [0.25, 0.3) is 0 Å². The Kier molecular flexibility index (Phi) is 38.5. The Morgan fingerprint density at radius 1 is 0.542 bits per heavy atom. The summed E-state index contributed by atoms with van der Waals surface area (Å²) in [6.07, 6.45) is 44.2. The molecule has 0 aliphatic heterocycles. The molecule has 1 atom stereocenters. The van der Waals surface area contributed by atoms with E-state index in [9.17, 15) is 4.79 Å². The molecule has 3 nitrogen and oxygen atoms in total. The molecule has 5 heteroatoms. The number of unbranched alkanes of at least 4 members (excludes halogenated alkanes) is 26. The van der Waals surface area contributed by atoms with Crippen molar-refractivity contribution in [2.75, 3.05) is 19.4 Å². The molecule has 0 saturated carbocycles. The van der Waals surface area contributed by atoms with Gasteiger partial charge in [-0.2, -0.15) is 0 Å². The molecule has 0 rings (SSSR count). The Morgan fingerprint density at radius 2 is 0.896 bits per heavy atom. The summed E-state index contributed by atoms with van der Waals surface area (Å²) in [6, 6.07) is 1.19. The lowest BCUT2D eigenvalue weighted by molar-refractivity contribution is -0.111. The maximum Gasteiger partial charge on any atom is 0.188 e. The van der Waals surface area contributed by atoms with E-state index < -0.39 is 9.04 Å². The summed E-state index contributed by atoms with van der Waals surface area (Å²) in [5.74, 6) is 0.978. The van der Waals surface area contributed by atoms with Gasteiger partial charge in [-0.05, 0) is 45.3 Å². The van der Waals surface area contributed by atoms with Gasteiger partial charge in [-0.15, -0.1) is 0 Å². The van der Waals surface area contributed by atoms with E-state index in [-0.39, 0.29) is 5.54 Å². The van der Waals surface area contributed by atoms with Crippen LogP contribution in [0.3, 0.4) is 0 Å². The molecule has 0 aliphatic carbocycles. The minimum absolute atomic E-state index is 0.141. The number of hydrogen-bond donors (Lipinski definition) is 1. The first-order valence-corrected chi connectivity index (χ1v) is 25.4. The fourth-order valence-electron chi connectivity index (χ4n) is 7.09. The molecule has 0 amide bonds. The van der Waals surface area contributed by atoms with Crippen LogP contribution in [0.4, 0.5) is 0 Å². The second kappa shape index (κ2) is 38.4. The monoisotopic (exact) mass is 712 g/mol. The zero-order chi connectivity index (χ0) is 35.2. The Hall–Kier alpha value is 0.157. The van der Waals surface area contributed by atoms with E-state index in [0.717, 1.165) is 31.6 Å². The van der Waals surface area contributed by atoms with Gasteiger partial charge >= 0.3 is 0 Å². The summed E-state index contributed by atoms with van der Waals surface area (Å²) in [7, 11) is 0.964. The van der Waals surface area contributed by atoms with Crippen LogP contribution in [0.15, 0.2) is 0 Å². The highest BCUT2D eigenvalue weighted by molar-refractivity contribution is 8.13.